The third kappa shape index (κ3) is 2.52. The molecule has 1 aromatic rings. The normalized spacial score (nSPS) is 23.6. The second kappa shape index (κ2) is 4.29. The number of rotatable bonds is 3. The van der Waals surface area contributed by atoms with Crippen molar-refractivity contribution >= 4 is 11.5 Å². The van der Waals surface area contributed by atoms with Gasteiger partial charge in [0.2, 0.25) is 5.82 Å². The zero-order valence-electron chi connectivity index (χ0n) is 9.90. The van der Waals surface area contributed by atoms with Crippen molar-refractivity contribution in [1.82, 2.24) is 4.98 Å². The topological polar surface area (TPSA) is 77.3 Å². The Bertz CT molecular complexity index is 442. The fourth-order valence-corrected chi connectivity index (χ4v) is 1.84. The maximum atomic E-state index is 10.9. The Morgan fingerprint density at radius 3 is 2.94 bits per heavy atom. The minimum atomic E-state index is -0.423. The molecular weight excluding hydrogens is 222 g/mol. The molecule has 6 heteroatoms. The van der Waals surface area contributed by atoms with Crippen molar-refractivity contribution < 1.29 is 9.66 Å². The lowest BCUT2D eigenvalue weighted by Crippen LogP contribution is -2.35. The van der Waals surface area contributed by atoms with Gasteiger partial charge in [-0.05, 0) is 26.3 Å². The number of hydrogen-bond donors (Lipinski definition) is 1. The van der Waals surface area contributed by atoms with Crippen molar-refractivity contribution in [3.05, 3.63) is 27.9 Å². The van der Waals surface area contributed by atoms with Crippen molar-refractivity contribution in [3.63, 3.8) is 0 Å². The summed E-state index contributed by atoms with van der Waals surface area (Å²) < 4.78 is 5.30. The van der Waals surface area contributed by atoms with E-state index in [0.717, 1.165) is 12.1 Å². The van der Waals surface area contributed by atoms with Gasteiger partial charge in [0.15, 0.2) is 0 Å². The average molecular weight is 237 g/mol. The molecule has 1 saturated heterocycles. The molecule has 1 aliphatic rings. The Labute approximate surface area is 99.2 Å². The first-order valence-corrected chi connectivity index (χ1v) is 5.48. The van der Waals surface area contributed by atoms with Gasteiger partial charge < -0.3 is 10.1 Å². The second-order valence-electron chi connectivity index (χ2n) is 4.57. The molecule has 0 saturated carbocycles. The summed E-state index contributed by atoms with van der Waals surface area (Å²) in [5, 5.41) is 14.0. The highest BCUT2D eigenvalue weighted by Crippen LogP contribution is 2.28. The van der Waals surface area contributed by atoms with Crippen LogP contribution in [0, 0.1) is 17.0 Å². The van der Waals surface area contributed by atoms with Crippen LogP contribution in [0.4, 0.5) is 11.5 Å². The molecule has 0 spiro atoms. The standard InChI is InChI=1S/C11H15N3O3/c1-8-3-4-9(14(15)16)10(12-8)13-11(2)5-6-17-7-11/h3-4H,5-7H2,1-2H3,(H,12,13). The second-order valence-corrected chi connectivity index (χ2v) is 4.57. The fraction of sp³-hybridized carbons (Fsp3) is 0.545. The van der Waals surface area contributed by atoms with Gasteiger partial charge in [0.05, 0.1) is 17.1 Å². The summed E-state index contributed by atoms with van der Waals surface area (Å²) in [5.41, 5.74) is 0.482. The van der Waals surface area contributed by atoms with E-state index in [4.69, 9.17) is 4.74 Å². The molecule has 92 valence electrons. The Morgan fingerprint density at radius 2 is 2.35 bits per heavy atom. The molecule has 0 amide bonds. The van der Waals surface area contributed by atoms with E-state index in [1.54, 1.807) is 6.07 Å². The molecule has 2 heterocycles. The predicted octanol–water partition coefficient (Wildman–Crippen LogP) is 1.89. The summed E-state index contributed by atoms with van der Waals surface area (Å²) in [6.07, 6.45) is 0.819. The molecule has 0 aromatic carbocycles. The summed E-state index contributed by atoms with van der Waals surface area (Å²) >= 11 is 0. The van der Waals surface area contributed by atoms with Crippen molar-refractivity contribution in [2.45, 2.75) is 25.8 Å². The predicted molar refractivity (Wildman–Crippen MR) is 63.1 cm³/mol. The minimum Gasteiger partial charge on any atom is -0.379 e. The van der Waals surface area contributed by atoms with Crippen LogP contribution in [0.2, 0.25) is 0 Å². The van der Waals surface area contributed by atoms with E-state index in [1.165, 1.54) is 6.07 Å². The van der Waals surface area contributed by atoms with Crippen LogP contribution in [0.3, 0.4) is 0 Å². The molecule has 1 N–H and O–H groups in total. The van der Waals surface area contributed by atoms with Gasteiger partial charge in [-0.1, -0.05) is 0 Å². The van der Waals surface area contributed by atoms with Crippen molar-refractivity contribution in [3.8, 4) is 0 Å². The van der Waals surface area contributed by atoms with E-state index in [0.29, 0.717) is 19.0 Å². The number of anilines is 1. The summed E-state index contributed by atoms with van der Waals surface area (Å²) in [4.78, 5) is 14.7. The first-order chi connectivity index (χ1) is 8.00. The number of nitrogens with zero attached hydrogens (tertiary/aromatic N) is 2. The molecule has 17 heavy (non-hydrogen) atoms. The molecule has 2 rings (SSSR count). The monoisotopic (exact) mass is 237 g/mol. The van der Waals surface area contributed by atoms with Crippen LogP contribution in [0.1, 0.15) is 19.0 Å². The van der Waals surface area contributed by atoms with E-state index in [1.807, 2.05) is 13.8 Å². The molecule has 0 aliphatic carbocycles. The van der Waals surface area contributed by atoms with E-state index in [2.05, 4.69) is 10.3 Å². The molecule has 1 fully saturated rings. The van der Waals surface area contributed by atoms with Crippen LogP contribution < -0.4 is 5.32 Å². The summed E-state index contributed by atoms with van der Waals surface area (Å²) in [5.74, 6) is 0.322. The zero-order chi connectivity index (χ0) is 12.5. The largest absolute Gasteiger partial charge is 0.379 e. The van der Waals surface area contributed by atoms with E-state index in [9.17, 15) is 10.1 Å². The number of hydrogen-bond acceptors (Lipinski definition) is 5. The quantitative estimate of drug-likeness (QED) is 0.641. The lowest BCUT2D eigenvalue weighted by Gasteiger charge is -2.24. The number of aromatic nitrogens is 1. The van der Waals surface area contributed by atoms with Gasteiger partial charge in [-0.25, -0.2) is 4.98 Å². The van der Waals surface area contributed by atoms with Gasteiger partial charge in [-0.3, -0.25) is 10.1 Å². The summed E-state index contributed by atoms with van der Waals surface area (Å²) in [6, 6.07) is 3.11. The first-order valence-electron chi connectivity index (χ1n) is 5.48. The van der Waals surface area contributed by atoms with Gasteiger partial charge in [-0.15, -0.1) is 0 Å². The Hall–Kier alpha value is -1.69. The Morgan fingerprint density at radius 1 is 1.59 bits per heavy atom. The lowest BCUT2D eigenvalue weighted by molar-refractivity contribution is -0.384. The average Bonchev–Trinajstić information content (AvgIpc) is 2.64. The highest BCUT2D eigenvalue weighted by molar-refractivity contribution is 5.57. The highest BCUT2D eigenvalue weighted by Gasteiger charge is 2.32. The maximum Gasteiger partial charge on any atom is 0.311 e. The molecule has 1 atom stereocenters. The smallest absolute Gasteiger partial charge is 0.311 e. The van der Waals surface area contributed by atoms with Crippen LogP contribution in [0.15, 0.2) is 12.1 Å². The van der Waals surface area contributed by atoms with Gasteiger partial charge in [0.25, 0.3) is 0 Å². The van der Waals surface area contributed by atoms with Crippen LogP contribution in [-0.2, 0) is 4.74 Å². The van der Waals surface area contributed by atoms with Gasteiger partial charge in [-0.2, -0.15) is 0 Å². The number of aryl methyl sites for hydroxylation is 1. The van der Waals surface area contributed by atoms with Crippen molar-refractivity contribution in [2.24, 2.45) is 0 Å². The Kier molecular flexibility index (Phi) is 2.97. The van der Waals surface area contributed by atoms with Crippen molar-refractivity contribution in [1.29, 1.82) is 0 Å². The third-order valence-corrected chi connectivity index (χ3v) is 2.85. The lowest BCUT2D eigenvalue weighted by atomic mass is 10.0. The highest BCUT2D eigenvalue weighted by atomic mass is 16.6. The summed E-state index contributed by atoms with van der Waals surface area (Å²) in [7, 11) is 0. The molecule has 0 radical (unpaired) electrons. The molecule has 1 aromatic heterocycles. The number of nitrogens with one attached hydrogen (secondary N) is 1. The molecule has 0 bridgehead atoms. The SMILES string of the molecule is Cc1ccc([N+](=O)[O-])c(NC2(C)CCOC2)n1. The van der Waals surface area contributed by atoms with Crippen LogP contribution in [0.5, 0.6) is 0 Å². The zero-order valence-corrected chi connectivity index (χ0v) is 9.90. The molecule has 1 aliphatic heterocycles. The Balaban J connectivity index is 2.30. The van der Waals surface area contributed by atoms with Gasteiger partial charge in [0, 0.05) is 18.4 Å². The number of pyridine rings is 1. The third-order valence-electron chi connectivity index (χ3n) is 2.85. The molecular formula is C11H15N3O3. The van der Waals surface area contributed by atoms with Gasteiger partial charge in [0.1, 0.15) is 0 Å². The van der Waals surface area contributed by atoms with E-state index < -0.39 is 4.92 Å². The van der Waals surface area contributed by atoms with Gasteiger partial charge >= 0.3 is 5.69 Å². The van der Waals surface area contributed by atoms with Crippen LogP contribution in [0.25, 0.3) is 0 Å². The van der Waals surface area contributed by atoms with Crippen molar-refractivity contribution in [2.75, 3.05) is 18.5 Å². The van der Waals surface area contributed by atoms with Crippen LogP contribution >= 0.6 is 0 Å². The minimum absolute atomic E-state index is 0.00345. The number of nitro groups is 1. The van der Waals surface area contributed by atoms with E-state index >= 15 is 0 Å². The number of ether oxygens (including phenoxy) is 1. The summed E-state index contributed by atoms with van der Waals surface area (Å²) in [6.45, 7) is 5.00. The van der Waals surface area contributed by atoms with E-state index in [-0.39, 0.29) is 11.2 Å². The van der Waals surface area contributed by atoms with Crippen LogP contribution in [-0.4, -0.2) is 28.7 Å². The molecule has 1 unspecified atom stereocenters. The molecule has 6 nitrogen and oxygen atoms in total. The maximum absolute atomic E-state index is 10.9. The first kappa shape index (κ1) is 11.8. The fourth-order valence-electron chi connectivity index (χ4n) is 1.84.